The molecule has 0 aromatic heterocycles. The largest absolute Gasteiger partial charge is 0.389 e. The molecule has 0 heterocycles. The van der Waals surface area contributed by atoms with Crippen molar-refractivity contribution < 1.29 is 14.6 Å². The summed E-state index contributed by atoms with van der Waals surface area (Å²) in [4.78, 5) is 10.4. The number of ether oxygens (including phenoxy) is 1. The van der Waals surface area contributed by atoms with Crippen molar-refractivity contribution in [2.24, 2.45) is 5.73 Å². The first-order valence-electron chi connectivity index (χ1n) is 6.41. The number of hydrogen-bond acceptors (Lipinski definition) is 4. The van der Waals surface area contributed by atoms with Crippen molar-refractivity contribution in [3.8, 4) is 0 Å². The summed E-state index contributed by atoms with van der Waals surface area (Å²) in [7, 11) is 0. The second-order valence-electron chi connectivity index (χ2n) is 4.21. The number of hydrogen-bond donors (Lipinski definition) is 3. The molecule has 1 unspecified atom stereocenters. The van der Waals surface area contributed by atoms with Crippen LogP contribution in [0.4, 0.5) is 0 Å². The summed E-state index contributed by atoms with van der Waals surface area (Å²) in [5.74, 6) is -0.334. The van der Waals surface area contributed by atoms with Crippen LogP contribution in [0.5, 0.6) is 0 Å². The van der Waals surface area contributed by atoms with Crippen LogP contribution in [0.25, 0.3) is 0 Å². The van der Waals surface area contributed by atoms with E-state index in [0.29, 0.717) is 32.7 Å². The minimum Gasteiger partial charge on any atom is -0.389 e. The molecule has 1 amide bonds. The number of aliphatic hydroxyl groups excluding tert-OH is 1. The Morgan fingerprint density at radius 1 is 1.41 bits per heavy atom. The van der Waals surface area contributed by atoms with Gasteiger partial charge in [-0.2, -0.15) is 0 Å². The first-order valence-corrected chi connectivity index (χ1v) is 6.41. The molecule has 17 heavy (non-hydrogen) atoms. The van der Waals surface area contributed by atoms with E-state index in [1.807, 2.05) is 0 Å². The van der Waals surface area contributed by atoms with Crippen molar-refractivity contribution in [3.05, 3.63) is 0 Å². The normalized spacial score (nSPS) is 12.6. The third-order valence-corrected chi connectivity index (χ3v) is 2.38. The average molecular weight is 246 g/mol. The zero-order chi connectivity index (χ0) is 12.9. The Labute approximate surface area is 104 Å². The third kappa shape index (κ3) is 13.3. The molecule has 0 fully saturated rings. The Balaban J connectivity index is 3.17. The lowest BCUT2D eigenvalue weighted by Gasteiger charge is -2.11. The van der Waals surface area contributed by atoms with E-state index in [1.165, 1.54) is 19.3 Å². The Bertz CT molecular complexity index is 189. The van der Waals surface area contributed by atoms with Crippen LogP contribution in [-0.2, 0) is 9.53 Å². The molecule has 0 aromatic rings. The first kappa shape index (κ1) is 16.4. The number of amides is 1. The fraction of sp³-hybridized carbons (Fsp3) is 0.917. The highest BCUT2D eigenvalue weighted by molar-refractivity contribution is 5.73. The molecule has 0 aliphatic rings. The fourth-order valence-electron chi connectivity index (χ4n) is 1.39. The van der Waals surface area contributed by atoms with E-state index < -0.39 is 6.10 Å². The maximum absolute atomic E-state index is 10.4. The van der Waals surface area contributed by atoms with Gasteiger partial charge >= 0.3 is 0 Å². The average Bonchev–Trinajstić information content (AvgIpc) is 2.29. The maximum Gasteiger partial charge on any atom is 0.218 e. The summed E-state index contributed by atoms with van der Waals surface area (Å²) >= 11 is 0. The van der Waals surface area contributed by atoms with E-state index in [0.717, 1.165) is 6.42 Å². The summed E-state index contributed by atoms with van der Waals surface area (Å²) < 4.78 is 5.34. The van der Waals surface area contributed by atoms with E-state index in [9.17, 15) is 9.90 Å². The molecule has 0 spiro atoms. The summed E-state index contributed by atoms with van der Waals surface area (Å²) in [6.45, 7) is 4.15. The summed E-state index contributed by atoms with van der Waals surface area (Å²) in [6, 6.07) is 0. The number of unbranched alkanes of at least 4 members (excludes halogenated alkanes) is 3. The van der Waals surface area contributed by atoms with Crippen molar-refractivity contribution in [1.29, 1.82) is 0 Å². The number of nitrogens with two attached hydrogens (primary N) is 1. The molecular formula is C12H26N2O3. The van der Waals surface area contributed by atoms with Gasteiger partial charge in [-0.05, 0) is 6.42 Å². The fourth-order valence-corrected chi connectivity index (χ4v) is 1.39. The van der Waals surface area contributed by atoms with Gasteiger partial charge in [0.1, 0.15) is 0 Å². The molecule has 0 bridgehead atoms. The highest BCUT2D eigenvalue weighted by Crippen LogP contribution is 1.99. The molecule has 0 aliphatic heterocycles. The van der Waals surface area contributed by atoms with Gasteiger partial charge in [-0.15, -0.1) is 0 Å². The molecule has 5 heteroatoms. The number of carbonyl (C=O) groups excluding carboxylic acids is 1. The topological polar surface area (TPSA) is 84.6 Å². The highest BCUT2D eigenvalue weighted by Gasteiger charge is 2.03. The van der Waals surface area contributed by atoms with Crippen molar-refractivity contribution in [2.75, 3.05) is 26.3 Å². The molecular weight excluding hydrogens is 220 g/mol. The van der Waals surface area contributed by atoms with Gasteiger partial charge < -0.3 is 20.9 Å². The molecule has 0 radical (unpaired) electrons. The zero-order valence-corrected chi connectivity index (χ0v) is 10.8. The monoisotopic (exact) mass is 246 g/mol. The van der Waals surface area contributed by atoms with Gasteiger partial charge in [0.05, 0.1) is 12.7 Å². The van der Waals surface area contributed by atoms with Gasteiger partial charge in [0, 0.05) is 26.1 Å². The third-order valence-electron chi connectivity index (χ3n) is 2.38. The van der Waals surface area contributed by atoms with Crippen LogP contribution in [0.3, 0.4) is 0 Å². The van der Waals surface area contributed by atoms with Gasteiger partial charge in [0.15, 0.2) is 0 Å². The molecule has 1 atom stereocenters. The molecule has 0 saturated heterocycles. The van der Waals surface area contributed by atoms with Gasteiger partial charge in [-0.3, -0.25) is 4.79 Å². The quantitative estimate of drug-likeness (QED) is 0.435. The minimum absolute atomic E-state index is 0.296. The number of aliphatic hydroxyl groups is 1. The molecule has 4 N–H and O–H groups in total. The van der Waals surface area contributed by atoms with E-state index in [4.69, 9.17) is 10.5 Å². The summed E-state index contributed by atoms with van der Waals surface area (Å²) in [5, 5.41) is 12.5. The standard InChI is InChI=1S/C12H26N2O3/c1-2-3-4-5-8-17-10-11(15)9-14-7-6-12(13)16/h11,14-15H,2-10H2,1H3,(H2,13,16). The molecule has 0 aromatic carbocycles. The Morgan fingerprint density at radius 2 is 2.18 bits per heavy atom. The van der Waals surface area contributed by atoms with Crippen LogP contribution in [0.15, 0.2) is 0 Å². The number of carbonyl (C=O) groups is 1. The van der Waals surface area contributed by atoms with Gasteiger partial charge in [0.2, 0.25) is 5.91 Å². The van der Waals surface area contributed by atoms with Crippen LogP contribution in [0.2, 0.25) is 0 Å². The lowest BCUT2D eigenvalue weighted by molar-refractivity contribution is -0.117. The molecule has 5 nitrogen and oxygen atoms in total. The molecule has 0 saturated carbocycles. The summed E-state index contributed by atoms with van der Waals surface area (Å²) in [5.41, 5.74) is 4.98. The second kappa shape index (κ2) is 11.8. The van der Waals surface area contributed by atoms with E-state index in [2.05, 4.69) is 12.2 Å². The zero-order valence-electron chi connectivity index (χ0n) is 10.8. The Morgan fingerprint density at radius 3 is 2.82 bits per heavy atom. The molecule has 0 rings (SSSR count). The highest BCUT2D eigenvalue weighted by atomic mass is 16.5. The van der Waals surface area contributed by atoms with Crippen molar-refractivity contribution in [3.63, 3.8) is 0 Å². The van der Waals surface area contributed by atoms with Crippen molar-refractivity contribution in [1.82, 2.24) is 5.32 Å². The molecule has 102 valence electrons. The van der Waals surface area contributed by atoms with Crippen molar-refractivity contribution in [2.45, 2.75) is 45.1 Å². The van der Waals surface area contributed by atoms with Crippen molar-refractivity contribution >= 4 is 5.91 Å². The van der Waals surface area contributed by atoms with Gasteiger partial charge in [0.25, 0.3) is 0 Å². The smallest absolute Gasteiger partial charge is 0.218 e. The SMILES string of the molecule is CCCCCCOCC(O)CNCCC(N)=O. The number of rotatable bonds is 12. The Kier molecular flexibility index (Phi) is 11.4. The minimum atomic E-state index is -0.519. The van der Waals surface area contributed by atoms with Crippen LogP contribution >= 0.6 is 0 Å². The van der Waals surface area contributed by atoms with Crippen LogP contribution in [-0.4, -0.2) is 43.4 Å². The lowest BCUT2D eigenvalue weighted by Crippen LogP contribution is -2.32. The van der Waals surface area contributed by atoms with E-state index in [1.54, 1.807) is 0 Å². The lowest BCUT2D eigenvalue weighted by atomic mass is 10.2. The van der Waals surface area contributed by atoms with E-state index in [-0.39, 0.29) is 5.91 Å². The maximum atomic E-state index is 10.4. The second-order valence-corrected chi connectivity index (χ2v) is 4.21. The van der Waals surface area contributed by atoms with Gasteiger partial charge in [-0.25, -0.2) is 0 Å². The first-order chi connectivity index (χ1) is 8.16. The predicted octanol–water partition coefficient (Wildman–Crippen LogP) is 0.409. The van der Waals surface area contributed by atoms with Crippen LogP contribution in [0.1, 0.15) is 39.0 Å². The van der Waals surface area contributed by atoms with Crippen LogP contribution in [0, 0.1) is 0 Å². The van der Waals surface area contributed by atoms with Gasteiger partial charge in [-0.1, -0.05) is 26.2 Å². The molecule has 0 aliphatic carbocycles. The Hall–Kier alpha value is -0.650. The number of nitrogens with one attached hydrogen (secondary N) is 1. The number of primary amides is 1. The predicted molar refractivity (Wildman–Crippen MR) is 67.6 cm³/mol. The van der Waals surface area contributed by atoms with E-state index >= 15 is 0 Å². The summed E-state index contributed by atoms with van der Waals surface area (Å²) in [6.07, 6.45) is 4.46. The van der Waals surface area contributed by atoms with Crippen LogP contribution < -0.4 is 11.1 Å².